The number of halogens is 1. The van der Waals surface area contributed by atoms with Crippen molar-refractivity contribution in [2.24, 2.45) is 0 Å². The minimum atomic E-state index is -0.605. The number of benzene rings is 1. The molecule has 0 radical (unpaired) electrons. The molecule has 8 heteroatoms. The Morgan fingerprint density at radius 1 is 1.19 bits per heavy atom. The molecule has 2 aromatic heterocycles. The van der Waals surface area contributed by atoms with Gasteiger partial charge in [0.1, 0.15) is 12.3 Å². The summed E-state index contributed by atoms with van der Waals surface area (Å²) in [6, 6.07) is 12.4. The standard InChI is InChI=1S/C19H17ClN4O3/c1-13(25)18-8-4-6-15(22-18)10-24-11-16(9-21-24)23-19(26)27-12-14-5-2-3-7-17(14)20/h2-9,11H,10,12H2,1H3,(H,23,26). The van der Waals surface area contributed by atoms with Crippen LogP contribution < -0.4 is 5.32 Å². The maximum absolute atomic E-state index is 11.9. The molecule has 0 atom stereocenters. The van der Waals surface area contributed by atoms with Gasteiger partial charge in [-0.1, -0.05) is 35.9 Å². The fourth-order valence-corrected chi connectivity index (χ4v) is 2.55. The van der Waals surface area contributed by atoms with Crippen LogP contribution in [0, 0.1) is 0 Å². The van der Waals surface area contributed by atoms with Gasteiger partial charge < -0.3 is 4.74 Å². The van der Waals surface area contributed by atoms with Gasteiger partial charge in [-0.05, 0) is 18.2 Å². The lowest BCUT2D eigenvalue weighted by molar-refractivity contribution is 0.101. The molecule has 0 unspecified atom stereocenters. The Morgan fingerprint density at radius 3 is 2.78 bits per heavy atom. The molecule has 0 aliphatic carbocycles. The second kappa shape index (κ2) is 8.46. The first-order chi connectivity index (χ1) is 13.0. The highest BCUT2D eigenvalue weighted by Crippen LogP contribution is 2.16. The van der Waals surface area contributed by atoms with Gasteiger partial charge in [0.05, 0.1) is 24.1 Å². The fourth-order valence-electron chi connectivity index (χ4n) is 2.36. The first-order valence-corrected chi connectivity index (χ1v) is 8.55. The quantitative estimate of drug-likeness (QED) is 0.651. The van der Waals surface area contributed by atoms with E-state index >= 15 is 0 Å². The number of ether oxygens (including phenoxy) is 1. The Balaban J connectivity index is 1.56. The molecule has 27 heavy (non-hydrogen) atoms. The molecule has 0 saturated carbocycles. The van der Waals surface area contributed by atoms with Crippen LogP contribution in [0.25, 0.3) is 0 Å². The van der Waals surface area contributed by atoms with E-state index in [1.165, 1.54) is 13.1 Å². The third-order valence-corrected chi connectivity index (χ3v) is 4.06. The second-order valence-electron chi connectivity index (χ2n) is 5.79. The maximum atomic E-state index is 11.9. The smallest absolute Gasteiger partial charge is 0.412 e. The first kappa shape index (κ1) is 18.6. The third-order valence-electron chi connectivity index (χ3n) is 3.69. The number of aromatic nitrogens is 3. The highest BCUT2D eigenvalue weighted by Gasteiger charge is 2.09. The summed E-state index contributed by atoms with van der Waals surface area (Å²) in [5, 5.41) is 7.32. The lowest BCUT2D eigenvalue weighted by Gasteiger charge is -2.06. The Hall–Kier alpha value is -3.19. The van der Waals surface area contributed by atoms with E-state index in [1.807, 2.05) is 6.07 Å². The average Bonchev–Trinajstić information content (AvgIpc) is 3.08. The molecule has 1 amide bonds. The molecule has 2 heterocycles. The molecule has 1 aromatic carbocycles. The zero-order chi connectivity index (χ0) is 19.2. The number of Topliss-reactive ketones (excluding diaryl/α,β-unsaturated/α-hetero) is 1. The lowest BCUT2D eigenvalue weighted by atomic mass is 10.2. The number of anilines is 1. The van der Waals surface area contributed by atoms with Gasteiger partial charge in [0.15, 0.2) is 5.78 Å². The van der Waals surface area contributed by atoms with Gasteiger partial charge in [-0.2, -0.15) is 5.10 Å². The van der Waals surface area contributed by atoms with Crippen LogP contribution in [0.2, 0.25) is 5.02 Å². The van der Waals surface area contributed by atoms with Crippen molar-refractivity contribution in [3.05, 3.63) is 76.8 Å². The van der Waals surface area contributed by atoms with Crippen LogP contribution in [0.5, 0.6) is 0 Å². The van der Waals surface area contributed by atoms with Gasteiger partial charge in [-0.25, -0.2) is 9.78 Å². The minimum absolute atomic E-state index is 0.0708. The maximum Gasteiger partial charge on any atom is 0.412 e. The molecular weight excluding hydrogens is 368 g/mol. The van der Waals surface area contributed by atoms with Crippen molar-refractivity contribution < 1.29 is 14.3 Å². The van der Waals surface area contributed by atoms with Crippen molar-refractivity contribution in [3.8, 4) is 0 Å². The first-order valence-electron chi connectivity index (χ1n) is 8.18. The van der Waals surface area contributed by atoms with Gasteiger partial charge in [0.2, 0.25) is 0 Å². The number of amides is 1. The molecule has 138 valence electrons. The number of hydrogen-bond acceptors (Lipinski definition) is 5. The van der Waals surface area contributed by atoms with Crippen LogP contribution >= 0.6 is 11.6 Å². The zero-order valence-electron chi connectivity index (χ0n) is 14.6. The molecule has 7 nitrogen and oxygen atoms in total. The van der Waals surface area contributed by atoms with Crippen molar-refractivity contribution in [1.29, 1.82) is 0 Å². The largest absolute Gasteiger partial charge is 0.444 e. The van der Waals surface area contributed by atoms with E-state index in [-0.39, 0.29) is 12.4 Å². The number of nitrogens with one attached hydrogen (secondary N) is 1. The summed E-state index contributed by atoms with van der Waals surface area (Å²) in [4.78, 5) is 27.6. The van der Waals surface area contributed by atoms with Gasteiger partial charge in [0, 0.05) is 23.7 Å². The number of ketones is 1. The third kappa shape index (κ3) is 5.15. The van der Waals surface area contributed by atoms with E-state index in [0.29, 0.717) is 28.6 Å². The topological polar surface area (TPSA) is 86.1 Å². The molecule has 3 aromatic rings. The number of carbonyl (C=O) groups excluding carboxylic acids is 2. The van der Waals surface area contributed by atoms with Crippen LogP contribution in [0.4, 0.5) is 10.5 Å². The molecule has 0 bridgehead atoms. The summed E-state index contributed by atoms with van der Waals surface area (Å²) in [5.74, 6) is -0.0964. The van der Waals surface area contributed by atoms with Crippen LogP contribution in [0.3, 0.4) is 0 Å². The van der Waals surface area contributed by atoms with Crippen molar-refractivity contribution in [2.45, 2.75) is 20.1 Å². The molecule has 1 N–H and O–H groups in total. The number of carbonyl (C=O) groups is 2. The zero-order valence-corrected chi connectivity index (χ0v) is 15.3. The van der Waals surface area contributed by atoms with Crippen molar-refractivity contribution >= 4 is 29.2 Å². The molecule has 0 aliphatic rings. The predicted molar refractivity (Wildman–Crippen MR) is 101 cm³/mol. The normalized spacial score (nSPS) is 10.4. The SMILES string of the molecule is CC(=O)c1cccc(Cn2cc(NC(=O)OCc3ccccc3Cl)cn2)n1. The highest BCUT2D eigenvalue weighted by molar-refractivity contribution is 6.31. The monoisotopic (exact) mass is 384 g/mol. The van der Waals surface area contributed by atoms with E-state index in [2.05, 4.69) is 15.4 Å². The molecule has 0 fully saturated rings. The van der Waals surface area contributed by atoms with Gasteiger partial charge in [0.25, 0.3) is 0 Å². The fraction of sp³-hybridized carbons (Fsp3) is 0.158. The van der Waals surface area contributed by atoms with Crippen LogP contribution in [-0.4, -0.2) is 26.6 Å². The summed E-state index contributed by atoms with van der Waals surface area (Å²) >= 11 is 6.03. The summed E-state index contributed by atoms with van der Waals surface area (Å²) in [6.07, 6.45) is 2.55. The van der Waals surface area contributed by atoms with Crippen LogP contribution in [-0.2, 0) is 17.9 Å². The Labute approximate surface area is 160 Å². The molecule has 0 spiro atoms. The molecule has 3 rings (SSSR count). The molecular formula is C19H17ClN4O3. The van der Waals surface area contributed by atoms with Crippen molar-refractivity contribution in [1.82, 2.24) is 14.8 Å². The lowest BCUT2D eigenvalue weighted by Crippen LogP contribution is -2.13. The highest BCUT2D eigenvalue weighted by atomic mass is 35.5. The Kier molecular flexibility index (Phi) is 5.83. The van der Waals surface area contributed by atoms with E-state index in [0.717, 1.165) is 5.56 Å². The van der Waals surface area contributed by atoms with Gasteiger partial charge >= 0.3 is 6.09 Å². The summed E-state index contributed by atoms with van der Waals surface area (Å²) in [7, 11) is 0. The van der Waals surface area contributed by atoms with E-state index < -0.39 is 6.09 Å². The average molecular weight is 385 g/mol. The number of pyridine rings is 1. The minimum Gasteiger partial charge on any atom is -0.444 e. The molecule has 0 aliphatic heterocycles. The van der Waals surface area contributed by atoms with Crippen molar-refractivity contribution in [3.63, 3.8) is 0 Å². The van der Waals surface area contributed by atoms with Crippen LogP contribution in [0.1, 0.15) is 28.7 Å². The molecule has 0 saturated heterocycles. The number of hydrogen-bond donors (Lipinski definition) is 1. The summed E-state index contributed by atoms with van der Waals surface area (Å²) < 4.78 is 6.77. The van der Waals surface area contributed by atoms with E-state index in [1.54, 1.807) is 47.3 Å². The van der Waals surface area contributed by atoms with Crippen LogP contribution in [0.15, 0.2) is 54.9 Å². The van der Waals surface area contributed by atoms with Gasteiger partial charge in [-0.15, -0.1) is 0 Å². The van der Waals surface area contributed by atoms with E-state index in [9.17, 15) is 9.59 Å². The summed E-state index contributed by atoms with van der Waals surface area (Å²) in [5.41, 5.74) is 2.31. The summed E-state index contributed by atoms with van der Waals surface area (Å²) in [6.45, 7) is 1.91. The number of rotatable bonds is 6. The second-order valence-corrected chi connectivity index (χ2v) is 6.20. The Bertz CT molecular complexity index is 971. The Morgan fingerprint density at radius 2 is 2.00 bits per heavy atom. The van der Waals surface area contributed by atoms with E-state index in [4.69, 9.17) is 16.3 Å². The predicted octanol–water partition coefficient (Wildman–Crippen LogP) is 3.93. The van der Waals surface area contributed by atoms with Gasteiger partial charge in [-0.3, -0.25) is 14.8 Å². The van der Waals surface area contributed by atoms with Crippen molar-refractivity contribution in [2.75, 3.05) is 5.32 Å². The number of nitrogens with zero attached hydrogens (tertiary/aromatic N) is 3.